The molecule has 0 aliphatic carbocycles. The lowest BCUT2D eigenvalue weighted by molar-refractivity contribution is 0.0649. The first-order valence-electron chi connectivity index (χ1n) is 9.25. The lowest BCUT2D eigenvalue weighted by atomic mass is 10.1. The Hall–Kier alpha value is -2.84. The molecule has 152 valence electrons. The summed E-state index contributed by atoms with van der Waals surface area (Å²) in [6.07, 6.45) is 2.98. The maximum absolute atomic E-state index is 12.3. The molecular weight excluding hydrogens is 400 g/mol. The maximum Gasteiger partial charge on any atom is 0.335 e. The Morgan fingerprint density at radius 1 is 1.17 bits per heavy atom. The standard InChI is InChI=1S/C20H19ClN2O6/c21-17-8-13(19(24)23-3-1-4-23)10-22-18(17)29-16-7-12(20(25)26)6-15(9-16)28-14-2-5-27-11-14/h6-10,14H,1-5,11H2,(H,25,26). The topological polar surface area (TPSA) is 98.2 Å². The maximum atomic E-state index is 12.3. The lowest BCUT2D eigenvalue weighted by Gasteiger charge is -2.30. The van der Waals surface area contributed by atoms with Gasteiger partial charge in [-0.05, 0) is 24.6 Å². The molecule has 0 radical (unpaired) electrons. The molecule has 1 aromatic heterocycles. The van der Waals surface area contributed by atoms with Crippen LogP contribution < -0.4 is 9.47 Å². The number of aromatic carboxylic acids is 1. The van der Waals surface area contributed by atoms with Crippen LogP contribution in [0.1, 0.15) is 33.6 Å². The molecule has 8 nitrogen and oxygen atoms in total. The fraction of sp³-hybridized carbons (Fsp3) is 0.350. The van der Waals surface area contributed by atoms with Crippen molar-refractivity contribution >= 4 is 23.5 Å². The van der Waals surface area contributed by atoms with Gasteiger partial charge in [0.2, 0.25) is 5.88 Å². The van der Waals surface area contributed by atoms with Gasteiger partial charge in [0.1, 0.15) is 22.6 Å². The molecule has 9 heteroatoms. The number of amides is 1. The van der Waals surface area contributed by atoms with Crippen LogP contribution in [-0.2, 0) is 4.74 Å². The molecule has 1 unspecified atom stereocenters. The number of nitrogens with zero attached hydrogens (tertiary/aromatic N) is 2. The summed E-state index contributed by atoms with van der Waals surface area (Å²) in [7, 11) is 0. The number of halogens is 1. The summed E-state index contributed by atoms with van der Waals surface area (Å²) in [5.74, 6) is -0.590. The molecule has 2 saturated heterocycles. The Morgan fingerprint density at radius 3 is 2.59 bits per heavy atom. The number of likely N-dealkylation sites (tertiary alicyclic amines) is 1. The van der Waals surface area contributed by atoms with Gasteiger partial charge in [-0.15, -0.1) is 0 Å². The Kier molecular flexibility index (Phi) is 5.55. The predicted octanol–water partition coefficient (Wildman–Crippen LogP) is 3.24. The van der Waals surface area contributed by atoms with Gasteiger partial charge >= 0.3 is 5.97 Å². The van der Waals surface area contributed by atoms with Gasteiger partial charge in [-0.2, -0.15) is 0 Å². The molecule has 2 aliphatic heterocycles. The highest BCUT2D eigenvalue weighted by molar-refractivity contribution is 6.32. The number of ether oxygens (including phenoxy) is 3. The average Bonchev–Trinajstić information content (AvgIpc) is 3.14. The first-order chi connectivity index (χ1) is 14.0. The SMILES string of the molecule is O=C(O)c1cc(Oc2ncc(C(=O)N3CCC3)cc2Cl)cc(OC2CCOC2)c1. The third-order valence-electron chi connectivity index (χ3n) is 4.73. The molecule has 1 atom stereocenters. The molecule has 0 bridgehead atoms. The van der Waals surface area contributed by atoms with Gasteiger partial charge < -0.3 is 24.2 Å². The van der Waals surface area contributed by atoms with Crippen molar-refractivity contribution in [2.75, 3.05) is 26.3 Å². The molecule has 4 rings (SSSR count). The average molecular weight is 419 g/mol. The number of hydrogen-bond donors (Lipinski definition) is 1. The number of hydrogen-bond acceptors (Lipinski definition) is 6. The summed E-state index contributed by atoms with van der Waals surface area (Å²) >= 11 is 6.25. The highest BCUT2D eigenvalue weighted by Gasteiger charge is 2.23. The van der Waals surface area contributed by atoms with Crippen LogP contribution >= 0.6 is 11.6 Å². The van der Waals surface area contributed by atoms with E-state index in [0.717, 1.165) is 25.9 Å². The third-order valence-corrected chi connectivity index (χ3v) is 5.00. The van der Waals surface area contributed by atoms with Gasteiger partial charge in [-0.3, -0.25) is 4.79 Å². The first kappa shape index (κ1) is 19.5. The van der Waals surface area contributed by atoms with Crippen molar-refractivity contribution in [3.63, 3.8) is 0 Å². The van der Waals surface area contributed by atoms with Crippen molar-refractivity contribution in [3.05, 3.63) is 46.6 Å². The number of aromatic nitrogens is 1. The second kappa shape index (κ2) is 8.26. The fourth-order valence-corrected chi connectivity index (χ4v) is 3.26. The van der Waals surface area contributed by atoms with Crippen LogP contribution in [0.15, 0.2) is 30.5 Å². The van der Waals surface area contributed by atoms with Crippen LogP contribution in [-0.4, -0.2) is 59.3 Å². The minimum Gasteiger partial charge on any atom is -0.488 e. The second-order valence-electron chi connectivity index (χ2n) is 6.86. The molecule has 2 aromatic rings. The van der Waals surface area contributed by atoms with Crippen molar-refractivity contribution in [1.29, 1.82) is 0 Å². The van der Waals surface area contributed by atoms with Gasteiger partial charge in [0.25, 0.3) is 5.91 Å². The summed E-state index contributed by atoms with van der Waals surface area (Å²) in [6, 6.07) is 5.86. The van der Waals surface area contributed by atoms with E-state index in [2.05, 4.69) is 4.98 Å². The zero-order valence-corrected chi connectivity index (χ0v) is 16.2. The molecule has 1 aromatic carbocycles. The zero-order chi connectivity index (χ0) is 20.4. The molecule has 2 fully saturated rings. The minimum atomic E-state index is -1.11. The molecular formula is C20H19ClN2O6. The van der Waals surface area contributed by atoms with Crippen molar-refractivity contribution in [2.24, 2.45) is 0 Å². The fourth-order valence-electron chi connectivity index (χ4n) is 3.05. The number of rotatable bonds is 6. The number of carboxylic acid groups (broad SMARTS) is 1. The summed E-state index contributed by atoms with van der Waals surface area (Å²) in [4.78, 5) is 29.6. The van der Waals surface area contributed by atoms with Gasteiger partial charge in [0.05, 0.1) is 24.3 Å². The summed E-state index contributed by atoms with van der Waals surface area (Å²) in [5, 5.41) is 9.53. The van der Waals surface area contributed by atoms with E-state index in [1.807, 2.05) is 0 Å². The zero-order valence-electron chi connectivity index (χ0n) is 15.5. The Labute approximate surface area is 172 Å². The molecule has 0 saturated carbocycles. The quantitative estimate of drug-likeness (QED) is 0.768. The Balaban J connectivity index is 1.55. The third kappa shape index (κ3) is 4.44. The summed E-state index contributed by atoms with van der Waals surface area (Å²) in [5.41, 5.74) is 0.392. The number of carbonyl (C=O) groups is 2. The number of carboxylic acids is 1. The van der Waals surface area contributed by atoms with Gasteiger partial charge in [0, 0.05) is 31.8 Å². The number of carbonyl (C=O) groups excluding carboxylic acids is 1. The molecule has 1 amide bonds. The predicted molar refractivity (Wildman–Crippen MR) is 103 cm³/mol. The van der Waals surface area contributed by atoms with Crippen LogP contribution in [0, 0.1) is 0 Å². The summed E-state index contributed by atoms with van der Waals surface area (Å²) < 4.78 is 16.8. The van der Waals surface area contributed by atoms with E-state index in [1.54, 1.807) is 11.0 Å². The highest BCUT2D eigenvalue weighted by Crippen LogP contribution is 2.32. The Morgan fingerprint density at radius 2 is 1.97 bits per heavy atom. The molecule has 0 spiro atoms. The van der Waals surface area contributed by atoms with E-state index in [0.29, 0.717) is 24.5 Å². The molecule has 1 N–H and O–H groups in total. The van der Waals surface area contributed by atoms with Gasteiger partial charge in [-0.1, -0.05) is 11.6 Å². The number of benzene rings is 1. The minimum absolute atomic E-state index is 0.0112. The van der Waals surface area contributed by atoms with E-state index < -0.39 is 5.97 Å². The largest absolute Gasteiger partial charge is 0.488 e. The first-order valence-corrected chi connectivity index (χ1v) is 9.63. The van der Waals surface area contributed by atoms with Crippen LogP contribution in [0.2, 0.25) is 5.02 Å². The Bertz CT molecular complexity index is 941. The normalized spacial score (nSPS) is 18.2. The molecule has 29 heavy (non-hydrogen) atoms. The van der Waals surface area contributed by atoms with E-state index in [4.69, 9.17) is 25.8 Å². The molecule has 2 aliphatic rings. The van der Waals surface area contributed by atoms with Crippen LogP contribution in [0.25, 0.3) is 0 Å². The monoisotopic (exact) mass is 418 g/mol. The second-order valence-corrected chi connectivity index (χ2v) is 7.27. The lowest BCUT2D eigenvalue weighted by Crippen LogP contribution is -2.42. The smallest absolute Gasteiger partial charge is 0.335 e. The van der Waals surface area contributed by atoms with E-state index >= 15 is 0 Å². The van der Waals surface area contributed by atoms with Gasteiger partial charge in [0.15, 0.2) is 0 Å². The van der Waals surface area contributed by atoms with Crippen molar-refractivity contribution in [3.8, 4) is 17.4 Å². The number of pyridine rings is 1. The van der Waals surface area contributed by atoms with E-state index in [-0.39, 0.29) is 34.2 Å². The van der Waals surface area contributed by atoms with Crippen molar-refractivity contribution < 1.29 is 28.9 Å². The van der Waals surface area contributed by atoms with Crippen LogP contribution in [0.4, 0.5) is 0 Å². The van der Waals surface area contributed by atoms with E-state index in [9.17, 15) is 14.7 Å². The van der Waals surface area contributed by atoms with Crippen molar-refractivity contribution in [1.82, 2.24) is 9.88 Å². The van der Waals surface area contributed by atoms with Crippen molar-refractivity contribution in [2.45, 2.75) is 18.9 Å². The molecule has 3 heterocycles. The van der Waals surface area contributed by atoms with Crippen LogP contribution in [0.3, 0.4) is 0 Å². The summed E-state index contributed by atoms with van der Waals surface area (Å²) in [6.45, 7) is 2.51. The van der Waals surface area contributed by atoms with Crippen LogP contribution in [0.5, 0.6) is 17.4 Å². The van der Waals surface area contributed by atoms with E-state index in [1.165, 1.54) is 24.4 Å². The highest BCUT2D eigenvalue weighted by atomic mass is 35.5. The van der Waals surface area contributed by atoms with Gasteiger partial charge in [-0.25, -0.2) is 9.78 Å².